The van der Waals surface area contributed by atoms with Crippen LogP contribution in [-0.2, 0) is 6.54 Å². The fourth-order valence-electron chi connectivity index (χ4n) is 3.65. The van der Waals surface area contributed by atoms with Crippen molar-refractivity contribution in [2.24, 2.45) is 0 Å². The Morgan fingerprint density at radius 3 is 2.39 bits per heavy atom. The normalized spacial score (nSPS) is 11.4. The molecule has 0 amide bonds. The average molecular weight is 367 g/mol. The first-order valence-corrected chi connectivity index (χ1v) is 9.25. The summed E-state index contributed by atoms with van der Waals surface area (Å²) in [7, 11) is 0. The lowest BCUT2D eigenvalue weighted by molar-refractivity contribution is 0.629. The zero-order chi connectivity index (χ0) is 19.1. The van der Waals surface area contributed by atoms with E-state index in [0.29, 0.717) is 6.54 Å². The van der Waals surface area contributed by atoms with Gasteiger partial charge in [0.05, 0.1) is 5.52 Å². The Bertz CT molecular complexity index is 1240. The maximum atomic E-state index is 14.0. The van der Waals surface area contributed by atoms with Crippen LogP contribution in [0.4, 0.5) is 4.39 Å². The molecule has 0 radical (unpaired) electrons. The molecule has 0 aromatic heterocycles. The predicted octanol–water partition coefficient (Wildman–Crippen LogP) is 5.70. The molecule has 3 aromatic carbocycles. The fourth-order valence-corrected chi connectivity index (χ4v) is 3.65. The quantitative estimate of drug-likeness (QED) is 0.410. The third-order valence-corrected chi connectivity index (χ3v) is 5.09. The summed E-state index contributed by atoms with van der Waals surface area (Å²) in [4.78, 5) is 0. The van der Waals surface area contributed by atoms with E-state index in [4.69, 9.17) is 0 Å². The lowest BCUT2D eigenvalue weighted by Crippen LogP contribution is -2.04. The molecule has 0 N–H and O–H groups in total. The highest BCUT2D eigenvalue weighted by Crippen LogP contribution is 2.36. The largest absolute Gasteiger partial charge is 0.342 e. The number of rotatable bonds is 3. The lowest BCUT2D eigenvalue weighted by atomic mass is 10.0. The fraction of sp³-hybridized carbons (Fsp3) is 0.0833. The first-order chi connectivity index (χ1) is 13.7. The maximum Gasteiger partial charge on any atom is 0.124 e. The van der Waals surface area contributed by atoms with Gasteiger partial charge in [0.25, 0.3) is 0 Å². The summed E-state index contributed by atoms with van der Waals surface area (Å²) >= 11 is 0. The van der Waals surface area contributed by atoms with Crippen molar-refractivity contribution in [2.45, 2.75) is 13.5 Å². The van der Waals surface area contributed by atoms with E-state index in [1.807, 2.05) is 36.4 Å². The van der Waals surface area contributed by atoms with Crippen molar-refractivity contribution in [3.05, 3.63) is 95.9 Å². The number of hydrogen-bond donors (Lipinski definition) is 0. The summed E-state index contributed by atoms with van der Waals surface area (Å²) in [6.07, 6.45) is 2.08. The second-order valence-corrected chi connectivity index (χ2v) is 7.08. The number of aromatic nitrogens is 3. The molecule has 0 aliphatic carbocycles. The molecular weight excluding hydrogens is 349 g/mol. The molecule has 3 nitrogen and oxygen atoms in total. The van der Waals surface area contributed by atoms with E-state index in [9.17, 15) is 4.39 Å². The smallest absolute Gasteiger partial charge is 0.124 e. The Morgan fingerprint density at radius 2 is 1.61 bits per heavy atom. The molecule has 2 aliphatic heterocycles. The third kappa shape index (κ3) is 2.83. The summed E-state index contributed by atoms with van der Waals surface area (Å²) in [5.74, 6) is -0.272. The second-order valence-electron chi connectivity index (χ2n) is 7.08. The van der Waals surface area contributed by atoms with E-state index in [2.05, 4.69) is 52.2 Å². The van der Waals surface area contributed by atoms with Crippen molar-refractivity contribution in [3.8, 4) is 22.5 Å². The van der Waals surface area contributed by atoms with Crippen molar-refractivity contribution in [1.82, 2.24) is 14.8 Å². The van der Waals surface area contributed by atoms with Gasteiger partial charge in [-0.2, -0.15) is 0 Å². The second kappa shape index (κ2) is 6.57. The van der Waals surface area contributed by atoms with Crippen molar-refractivity contribution < 1.29 is 4.39 Å². The van der Waals surface area contributed by atoms with Gasteiger partial charge in [-0.15, -0.1) is 10.2 Å². The van der Waals surface area contributed by atoms with E-state index >= 15 is 0 Å². The van der Waals surface area contributed by atoms with Crippen molar-refractivity contribution in [2.75, 3.05) is 0 Å². The summed E-state index contributed by atoms with van der Waals surface area (Å²) in [6.45, 7) is 2.77. The molecule has 0 unspecified atom stereocenters. The van der Waals surface area contributed by atoms with E-state index in [1.165, 1.54) is 17.2 Å². The minimum atomic E-state index is -0.272. The summed E-state index contributed by atoms with van der Waals surface area (Å²) in [6, 6.07) is 23.3. The Kier molecular flexibility index (Phi) is 3.90. The predicted molar refractivity (Wildman–Crippen MR) is 110 cm³/mol. The molecule has 2 heterocycles. The van der Waals surface area contributed by atoms with Gasteiger partial charge in [0.1, 0.15) is 17.2 Å². The van der Waals surface area contributed by atoms with E-state index in [-0.39, 0.29) is 5.82 Å². The molecule has 4 heteroatoms. The van der Waals surface area contributed by atoms with Gasteiger partial charge in [-0.1, -0.05) is 60.2 Å². The van der Waals surface area contributed by atoms with Gasteiger partial charge in [-0.3, -0.25) is 0 Å². The highest BCUT2D eigenvalue weighted by molar-refractivity contribution is 5.98. The molecule has 5 rings (SSSR count). The minimum absolute atomic E-state index is 0.272. The van der Waals surface area contributed by atoms with E-state index in [0.717, 1.165) is 33.4 Å². The molecule has 0 atom stereocenters. The van der Waals surface area contributed by atoms with Gasteiger partial charge in [-0.05, 0) is 30.7 Å². The van der Waals surface area contributed by atoms with Gasteiger partial charge >= 0.3 is 0 Å². The van der Waals surface area contributed by atoms with Crippen LogP contribution in [0.15, 0.2) is 79.0 Å². The highest BCUT2D eigenvalue weighted by Gasteiger charge is 2.20. The zero-order valence-electron chi connectivity index (χ0n) is 15.4. The number of aryl methyl sites for hydroxylation is 1. The maximum absolute atomic E-state index is 14.0. The molecule has 28 heavy (non-hydrogen) atoms. The molecule has 3 aromatic rings. The Balaban J connectivity index is 1.74. The SMILES string of the molecule is Cc1ccc(Cn2cc3c(-c4ccccc4)nnc-3c3cc(F)ccc32)cc1. The number of fused-ring (bicyclic) bond motifs is 3. The molecule has 0 saturated carbocycles. The van der Waals surface area contributed by atoms with Gasteiger partial charge in [0, 0.05) is 29.3 Å². The highest BCUT2D eigenvalue weighted by atomic mass is 19.1. The van der Waals surface area contributed by atoms with Crippen molar-refractivity contribution in [1.29, 1.82) is 0 Å². The third-order valence-electron chi connectivity index (χ3n) is 5.09. The van der Waals surface area contributed by atoms with Crippen LogP contribution in [0.25, 0.3) is 33.4 Å². The summed E-state index contributed by atoms with van der Waals surface area (Å²) in [5.41, 5.74) is 6.84. The number of hydrogen-bond acceptors (Lipinski definition) is 2. The first-order valence-electron chi connectivity index (χ1n) is 9.25. The van der Waals surface area contributed by atoms with E-state index < -0.39 is 0 Å². The van der Waals surface area contributed by atoms with Crippen LogP contribution in [0.5, 0.6) is 0 Å². The van der Waals surface area contributed by atoms with Gasteiger partial charge in [-0.25, -0.2) is 4.39 Å². The molecule has 0 bridgehead atoms. The van der Waals surface area contributed by atoms with Gasteiger partial charge < -0.3 is 4.57 Å². The minimum Gasteiger partial charge on any atom is -0.342 e. The molecule has 136 valence electrons. The van der Waals surface area contributed by atoms with Crippen LogP contribution >= 0.6 is 0 Å². The van der Waals surface area contributed by atoms with Gasteiger partial charge in [0.2, 0.25) is 0 Å². The standard InChI is InChI=1S/C24H18FN3/c1-16-7-9-17(10-8-16)14-28-15-21-23(18-5-3-2-4-6-18)26-27-24(21)20-13-19(25)11-12-22(20)28/h2-13,15H,14H2,1H3. The van der Waals surface area contributed by atoms with E-state index in [1.54, 1.807) is 6.07 Å². The molecule has 0 fully saturated rings. The molecule has 0 spiro atoms. The Morgan fingerprint density at radius 1 is 0.857 bits per heavy atom. The van der Waals surface area contributed by atoms with Crippen LogP contribution in [0, 0.1) is 12.7 Å². The zero-order valence-corrected chi connectivity index (χ0v) is 15.4. The van der Waals surface area contributed by atoms with Crippen LogP contribution in [-0.4, -0.2) is 14.8 Å². The molecular formula is C24H18FN3. The summed E-state index contributed by atoms with van der Waals surface area (Å²) < 4.78 is 16.2. The first kappa shape index (κ1) is 16.6. The monoisotopic (exact) mass is 367 g/mol. The lowest BCUT2D eigenvalue weighted by Gasteiger charge is -2.15. The Hall–Kier alpha value is -3.53. The summed E-state index contributed by atoms with van der Waals surface area (Å²) in [5, 5.41) is 9.59. The molecule has 0 saturated heterocycles. The number of benzene rings is 3. The number of halogens is 1. The molecule has 2 aliphatic rings. The van der Waals surface area contributed by atoms with Crippen molar-refractivity contribution in [3.63, 3.8) is 0 Å². The van der Waals surface area contributed by atoms with Crippen LogP contribution in [0.2, 0.25) is 0 Å². The van der Waals surface area contributed by atoms with Crippen molar-refractivity contribution >= 4 is 10.9 Å². The number of pyridine rings is 1. The topological polar surface area (TPSA) is 30.7 Å². The average Bonchev–Trinajstić information content (AvgIpc) is 3.14. The van der Waals surface area contributed by atoms with Crippen LogP contribution < -0.4 is 0 Å². The number of nitrogens with zero attached hydrogens (tertiary/aromatic N) is 3. The van der Waals surface area contributed by atoms with Crippen LogP contribution in [0.3, 0.4) is 0 Å². The Labute approximate surface area is 162 Å². The van der Waals surface area contributed by atoms with Gasteiger partial charge in [0.15, 0.2) is 0 Å². The van der Waals surface area contributed by atoms with Crippen LogP contribution in [0.1, 0.15) is 11.1 Å².